The van der Waals surface area contributed by atoms with Gasteiger partial charge in [-0.2, -0.15) is 0 Å². The smallest absolute Gasteiger partial charge is 0.0541 e. The third-order valence-electron chi connectivity index (χ3n) is 8.38. The van der Waals surface area contributed by atoms with Crippen LogP contribution in [-0.4, -0.2) is 28.4 Å². The molecule has 3 heteroatoms. The predicted octanol–water partition coefficient (Wildman–Crippen LogP) is 6.95. The molecule has 2 fully saturated rings. The van der Waals surface area contributed by atoms with Crippen molar-refractivity contribution >= 4 is 10.9 Å². The number of aryl methyl sites for hydroxylation is 1. The summed E-state index contributed by atoms with van der Waals surface area (Å²) in [4.78, 5) is 0. The topological polar surface area (TPSA) is 37.2 Å². The number of aliphatic hydroxyl groups excluding tert-OH is 1. The number of rotatable bonds is 8. The lowest BCUT2D eigenvalue weighted by molar-refractivity contribution is 0.116. The zero-order valence-electron chi connectivity index (χ0n) is 20.9. The van der Waals surface area contributed by atoms with E-state index in [4.69, 9.17) is 0 Å². The largest absolute Gasteiger partial charge is 0.393 e. The molecule has 182 valence electrons. The van der Waals surface area contributed by atoms with Crippen LogP contribution >= 0.6 is 0 Å². The van der Waals surface area contributed by atoms with E-state index in [1.54, 1.807) is 0 Å². The maximum Gasteiger partial charge on any atom is 0.0541 e. The van der Waals surface area contributed by atoms with Gasteiger partial charge in [0.25, 0.3) is 0 Å². The normalized spacial score (nSPS) is 22.8. The molecule has 1 unspecified atom stereocenters. The summed E-state index contributed by atoms with van der Waals surface area (Å²) in [7, 11) is 0. The zero-order valence-corrected chi connectivity index (χ0v) is 20.9. The van der Waals surface area contributed by atoms with Crippen molar-refractivity contribution in [1.29, 1.82) is 0 Å². The molecule has 2 aliphatic carbocycles. The van der Waals surface area contributed by atoms with E-state index in [0.717, 1.165) is 51.1 Å². The number of hydrogen-bond donors (Lipinski definition) is 2. The lowest BCUT2D eigenvalue weighted by atomic mass is 9.87. The summed E-state index contributed by atoms with van der Waals surface area (Å²) in [6, 6.07) is 18.7. The molecule has 2 aromatic carbocycles. The number of fused-ring (bicyclic) bond motifs is 1. The summed E-state index contributed by atoms with van der Waals surface area (Å²) < 4.78 is 2.57. The van der Waals surface area contributed by atoms with Crippen molar-refractivity contribution < 1.29 is 5.11 Å². The maximum atomic E-state index is 9.85. The highest BCUT2D eigenvalue weighted by atomic mass is 16.3. The Bertz CT molecular complexity index is 1060. The van der Waals surface area contributed by atoms with Gasteiger partial charge in [0.05, 0.1) is 6.10 Å². The van der Waals surface area contributed by atoms with Gasteiger partial charge < -0.3 is 15.0 Å². The highest BCUT2D eigenvalue weighted by Gasteiger charge is 2.23. The number of hydrogen-bond acceptors (Lipinski definition) is 2. The Balaban J connectivity index is 1.41. The Hall–Kier alpha value is -2.10. The zero-order chi connectivity index (χ0) is 23.3. The van der Waals surface area contributed by atoms with Crippen LogP contribution in [0.15, 0.2) is 54.7 Å². The highest BCUT2D eigenvalue weighted by Crippen LogP contribution is 2.36. The van der Waals surface area contributed by atoms with E-state index in [1.165, 1.54) is 59.7 Å². The van der Waals surface area contributed by atoms with E-state index in [-0.39, 0.29) is 6.10 Å². The predicted molar refractivity (Wildman–Crippen MR) is 142 cm³/mol. The van der Waals surface area contributed by atoms with E-state index in [1.807, 2.05) is 0 Å². The second-order valence-corrected chi connectivity index (χ2v) is 11.0. The average molecular weight is 459 g/mol. The molecule has 1 heterocycles. The van der Waals surface area contributed by atoms with E-state index in [0.29, 0.717) is 12.0 Å². The fourth-order valence-electron chi connectivity index (χ4n) is 6.45. The van der Waals surface area contributed by atoms with Crippen LogP contribution in [0.4, 0.5) is 0 Å². The molecule has 0 spiro atoms. The van der Waals surface area contributed by atoms with Gasteiger partial charge in [0, 0.05) is 35.6 Å². The van der Waals surface area contributed by atoms with Crippen molar-refractivity contribution in [2.24, 2.45) is 5.92 Å². The highest BCUT2D eigenvalue weighted by molar-refractivity contribution is 5.85. The Kier molecular flexibility index (Phi) is 7.71. The average Bonchev–Trinajstić information content (AvgIpc) is 3.22. The van der Waals surface area contributed by atoms with E-state index >= 15 is 0 Å². The quantitative estimate of drug-likeness (QED) is 0.383. The summed E-state index contributed by atoms with van der Waals surface area (Å²) in [5, 5.41) is 15.1. The van der Waals surface area contributed by atoms with Crippen LogP contribution in [0.25, 0.3) is 10.9 Å². The second-order valence-electron chi connectivity index (χ2n) is 11.0. The number of aliphatic hydroxyl groups is 1. The molecule has 1 aromatic heterocycles. The third-order valence-corrected chi connectivity index (χ3v) is 8.38. The van der Waals surface area contributed by atoms with E-state index in [9.17, 15) is 5.11 Å². The fraction of sp³-hybridized carbons (Fsp3) is 0.548. The van der Waals surface area contributed by atoms with E-state index in [2.05, 4.69) is 71.5 Å². The van der Waals surface area contributed by atoms with Crippen molar-refractivity contribution in [2.75, 3.05) is 6.54 Å². The molecule has 0 aliphatic heterocycles. The SMILES string of the molecule is Cc1cccc(C(CCNC2CCC(O)CC2)c2cn(CC3CCCCC3)c3ccccc23)c1. The molecule has 3 nitrogen and oxygen atoms in total. The minimum absolute atomic E-state index is 0.0895. The number of nitrogens with one attached hydrogen (secondary N) is 1. The van der Waals surface area contributed by atoms with Gasteiger partial charge in [-0.3, -0.25) is 0 Å². The minimum Gasteiger partial charge on any atom is -0.393 e. The summed E-state index contributed by atoms with van der Waals surface area (Å²) in [6.45, 7) is 4.38. The van der Waals surface area contributed by atoms with Crippen LogP contribution < -0.4 is 5.32 Å². The van der Waals surface area contributed by atoms with Gasteiger partial charge in [0.2, 0.25) is 0 Å². The number of para-hydroxylation sites is 1. The first kappa shape index (κ1) is 23.6. The molecule has 34 heavy (non-hydrogen) atoms. The van der Waals surface area contributed by atoms with Gasteiger partial charge in [-0.1, -0.05) is 67.3 Å². The Morgan fingerprint density at radius 1 is 0.941 bits per heavy atom. The fourth-order valence-corrected chi connectivity index (χ4v) is 6.45. The number of benzene rings is 2. The van der Waals surface area contributed by atoms with Crippen molar-refractivity contribution in [3.8, 4) is 0 Å². The van der Waals surface area contributed by atoms with Crippen molar-refractivity contribution in [1.82, 2.24) is 9.88 Å². The standard InChI is InChI=1S/C31H42N2O/c1-23-8-7-11-25(20-23)28(18-19-32-26-14-16-27(34)17-15-26)30-22-33(21-24-9-3-2-4-10-24)31-13-6-5-12-29(30)31/h5-8,11-13,20,22,24,26-28,32,34H,2-4,9-10,14-19,21H2,1H3. The number of aromatic nitrogens is 1. The monoisotopic (exact) mass is 458 g/mol. The first-order valence-electron chi connectivity index (χ1n) is 13.7. The molecule has 0 radical (unpaired) electrons. The van der Waals surface area contributed by atoms with Gasteiger partial charge in [0.15, 0.2) is 0 Å². The molecule has 0 saturated heterocycles. The van der Waals surface area contributed by atoms with Crippen LogP contribution in [-0.2, 0) is 6.54 Å². The lowest BCUT2D eigenvalue weighted by Gasteiger charge is -2.27. The molecule has 2 N–H and O–H groups in total. The van der Waals surface area contributed by atoms with Crippen LogP contribution in [0.1, 0.15) is 86.8 Å². The van der Waals surface area contributed by atoms with Crippen LogP contribution in [0, 0.1) is 12.8 Å². The molecule has 1 atom stereocenters. The van der Waals surface area contributed by atoms with Gasteiger partial charge in [0.1, 0.15) is 0 Å². The number of nitrogens with zero attached hydrogens (tertiary/aromatic N) is 1. The summed E-state index contributed by atoms with van der Waals surface area (Å²) in [5.74, 6) is 1.21. The Morgan fingerprint density at radius 2 is 1.74 bits per heavy atom. The Morgan fingerprint density at radius 3 is 2.53 bits per heavy atom. The second kappa shape index (κ2) is 11.1. The summed E-state index contributed by atoms with van der Waals surface area (Å²) in [5.41, 5.74) is 5.65. The van der Waals surface area contributed by atoms with Crippen LogP contribution in [0.5, 0.6) is 0 Å². The van der Waals surface area contributed by atoms with Gasteiger partial charge >= 0.3 is 0 Å². The van der Waals surface area contributed by atoms with Crippen molar-refractivity contribution in [3.63, 3.8) is 0 Å². The van der Waals surface area contributed by atoms with Crippen molar-refractivity contribution in [2.45, 2.75) is 95.7 Å². The summed E-state index contributed by atoms with van der Waals surface area (Å²) in [6.07, 6.45) is 14.5. The van der Waals surface area contributed by atoms with Crippen LogP contribution in [0.3, 0.4) is 0 Å². The molecular formula is C31H42N2O. The molecule has 5 rings (SSSR count). The Labute approximate surface area is 205 Å². The van der Waals surface area contributed by atoms with Crippen LogP contribution in [0.2, 0.25) is 0 Å². The van der Waals surface area contributed by atoms with Crippen molar-refractivity contribution in [3.05, 3.63) is 71.4 Å². The van der Waals surface area contributed by atoms with E-state index < -0.39 is 0 Å². The molecule has 2 aliphatic rings. The first-order chi connectivity index (χ1) is 16.7. The van der Waals surface area contributed by atoms with Gasteiger partial charge in [-0.15, -0.1) is 0 Å². The first-order valence-corrected chi connectivity index (χ1v) is 13.7. The molecular weight excluding hydrogens is 416 g/mol. The van der Waals surface area contributed by atoms with Gasteiger partial charge in [-0.05, 0) is 81.5 Å². The third kappa shape index (κ3) is 5.58. The maximum absolute atomic E-state index is 9.85. The lowest BCUT2D eigenvalue weighted by Crippen LogP contribution is -2.35. The molecule has 2 saturated carbocycles. The molecule has 3 aromatic rings. The molecule has 0 bridgehead atoms. The van der Waals surface area contributed by atoms with Gasteiger partial charge in [-0.25, -0.2) is 0 Å². The summed E-state index contributed by atoms with van der Waals surface area (Å²) >= 11 is 0. The molecule has 0 amide bonds. The minimum atomic E-state index is -0.0895.